The van der Waals surface area contributed by atoms with Gasteiger partial charge in [0.2, 0.25) is 0 Å². The molecular weight excluding hydrogens is 346 g/mol. The van der Waals surface area contributed by atoms with Crippen LogP contribution in [0.4, 0.5) is 13.2 Å². The minimum Gasteiger partial charge on any atom is -0.299 e. The lowest BCUT2D eigenvalue weighted by Crippen LogP contribution is -2.29. The van der Waals surface area contributed by atoms with E-state index in [1.165, 1.54) is 18.6 Å². The molecule has 0 radical (unpaired) electrons. The predicted molar refractivity (Wildman–Crippen MR) is 81.0 cm³/mol. The van der Waals surface area contributed by atoms with E-state index in [9.17, 15) is 13.2 Å². The number of nitrogens with zero attached hydrogens (tertiary/aromatic N) is 1. The van der Waals surface area contributed by atoms with E-state index >= 15 is 0 Å². The largest absolute Gasteiger partial charge is 0.615 e. The number of rotatable bonds is 4. The molecule has 1 aromatic rings. The first-order valence-corrected chi connectivity index (χ1v) is 8.08. The van der Waals surface area contributed by atoms with Crippen LogP contribution in [0.2, 0.25) is 10.0 Å². The van der Waals surface area contributed by atoms with Gasteiger partial charge in [-0.25, -0.2) is 0 Å². The first-order valence-electron chi connectivity index (χ1n) is 6.51. The Morgan fingerprint density at radius 1 is 1.10 bits per heavy atom. The summed E-state index contributed by atoms with van der Waals surface area (Å²) in [6.45, 7) is 2.57. The van der Waals surface area contributed by atoms with Crippen LogP contribution >= 0.6 is 23.2 Å². The van der Waals surface area contributed by atoms with Crippen molar-refractivity contribution in [2.24, 2.45) is 0 Å². The maximum atomic E-state index is 12.1. The van der Waals surface area contributed by atoms with E-state index in [2.05, 4.69) is 9.08 Å². The third-order valence-corrected chi connectivity index (χ3v) is 4.38. The topological polar surface area (TPSA) is 12.5 Å². The summed E-state index contributed by atoms with van der Waals surface area (Å²) < 4.78 is 41.0. The first-order chi connectivity index (χ1) is 9.85. The third kappa shape index (κ3) is 5.43. The quantitative estimate of drug-likeness (QED) is 0.574. The number of thiol groups is 1. The Morgan fingerprint density at radius 2 is 1.67 bits per heavy atom. The normalized spacial score (nSPS) is 17.0. The lowest BCUT2D eigenvalue weighted by molar-refractivity contribution is -0.0386. The molecule has 1 fully saturated rings. The van der Waals surface area contributed by atoms with Crippen LogP contribution in [0.25, 0.3) is 0 Å². The van der Waals surface area contributed by atoms with Crippen molar-refractivity contribution in [2.75, 3.05) is 13.1 Å². The number of piperidine rings is 1. The molecule has 0 aromatic heterocycles. The lowest BCUT2D eigenvalue weighted by atomic mass is 10.1. The summed E-state index contributed by atoms with van der Waals surface area (Å²) in [5, 5.41) is 0.667. The van der Waals surface area contributed by atoms with Gasteiger partial charge in [0, 0.05) is 24.2 Å². The van der Waals surface area contributed by atoms with Gasteiger partial charge in [0.15, 0.2) is 5.75 Å². The van der Waals surface area contributed by atoms with Crippen LogP contribution in [-0.2, 0) is 18.6 Å². The fraction of sp³-hybridized carbons (Fsp3) is 0.538. The van der Waals surface area contributed by atoms with Gasteiger partial charge in [-0.15, -0.1) is 13.2 Å². The van der Waals surface area contributed by atoms with Crippen molar-refractivity contribution in [3.05, 3.63) is 27.7 Å². The predicted octanol–water partition coefficient (Wildman–Crippen LogP) is 4.61. The number of likely N-dealkylation sites (tertiary alicyclic amines) is 1. The summed E-state index contributed by atoms with van der Waals surface area (Å²) in [7, 11) is 0. The Hall–Kier alpha value is -0.300. The molecule has 1 saturated heterocycles. The molecule has 1 aliphatic heterocycles. The van der Waals surface area contributed by atoms with Gasteiger partial charge in [-0.2, -0.15) is 0 Å². The maximum absolute atomic E-state index is 12.1. The third-order valence-electron chi connectivity index (χ3n) is 3.20. The van der Waals surface area contributed by atoms with Gasteiger partial charge < -0.3 is 0 Å². The zero-order chi connectivity index (χ0) is 15.5. The van der Waals surface area contributed by atoms with Crippen molar-refractivity contribution in [1.29, 1.82) is 0 Å². The van der Waals surface area contributed by atoms with Crippen molar-refractivity contribution >= 4 is 35.2 Å². The number of benzene rings is 1. The van der Waals surface area contributed by atoms with Gasteiger partial charge in [0.1, 0.15) is 0 Å². The van der Waals surface area contributed by atoms with E-state index in [0.29, 0.717) is 16.6 Å². The molecule has 0 spiro atoms. The fourth-order valence-electron chi connectivity index (χ4n) is 2.23. The van der Waals surface area contributed by atoms with Gasteiger partial charge in [0.05, 0.1) is 10.0 Å². The Kier molecular flexibility index (Phi) is 5.94. The van der Waals surface area contributed by atoms with Crippen LogP contribution in [0.1, 0.15) is 24.8 Å². The molecule has 0 aliphatic carbocycles. The van der Waals surface area contributed by atoms with Crippen LogP contribution in [-0.4, -0.2) is 23.5 Å². The number of hydrogen-bond acceptors (Lipinski definition) is 2. The molecule has 0 amide bonds. The molecule has 1 aliphatic rings. The molecule has 1 aromatic carbocycles. The molecule has 21 heavy (non-hydrogen) atoms. The monoisotopic (exact) mass is 360 g/mol. The van der Waals surface area contributed by atoms with E-state index in [-0.39, 0.29) is 5.75 Å². The summed E-state index contributed by atoms with van der Waals surface area (Å²) in [6, 6.07) is 2.76. The van der Waals surface area contributed by atoms with Crippen molar-refractivity contribution in [3.8, 4) is 5.75 Å². The van der Waals surface area contributed by atoms with Crippen LogP contribution in [0.5, 0.6) is 5.75 Å². The Morgan fingerprint density at radius 3 is 2.19 bits per heavy atom. The van der Waals surface area contributed by atoms with Gasteiger partial charge in [-0.05, 0) is 25.9 Å². The highest BCUT2D eigenvalue weighted by molar-refractivity contribution is 7.74. The molecule has 0 saturated carbocycles. The molecular formula is C13H15Cl2F3NOS+. The van der Waals surface area contributed by atoms with Crippen molar-refractivity contribution in [3.63, 3.8) is 0 Å². The molecule has 2 rings (SSSR count). The molecule has 0 N–H and O–H groups in total. The minimum absolute atomic E-state index is 0.0198. The van der Waals surface area contributed by atoms with Crippen LogP contribution < -0.4 is 4.18 Å². The summed E-state index contributed by atoms with van der Waals surface area (Å²) in [5.74, 6) is 0.0198. The zero-order valence-corrected chi connectivity index (χ0v) is 13.5. The van der Waals surface area contributed by atoms with E-state index in [1.54, 1.807) is 0 Å². The average Bonchev–Trinajstić information content (AvgIpc) is 2.41. The molecule has 1 heterocycles. The SMILES string of the molecule is FC(F)(F)[SH+]Oc1cc(Cl)c(CN2CCCCC2)c(Cl)c1. The lowest BCUT2D eigenvalue weighted by Gasteiger charge is -2.27. The highest BCUT2D eigenvalue weighted by Crippen LogP contribution is 2.33. The highest BCUT2D eigenvalue weighted by Gasteiger charge is 2.42. The van der Waals surface area contributed by atoms with Crippen molar-refractivity contribution in [1.82, 2.24) is 4.90 Å². The summed E-state index contributed by atoms with van der Waals surface area (Å²) in [6.07, 6.45) is 3.50. The molecule has 2 nitrogen and oxygen atoms in total. The van der Waals surface area contributed by atoms with Crippen LogP contribution in [0, 0.1) is 0 Å². The smallest absolute Gasteiger partial charge is 0.299 e. The van der Waals surface area contributed by atoms with E-state index in [4.69, 9.17) is 23.2 Å². The van der Waals surface area contributed by atoms with Crippen molar-refractivity contribution in [2.45, 2.75) is 31.3 Å². The molecule has 0 unspecified atom stereocenters. The Labute approximate surface area is 135 Å². The highest BCUT2D eigenvalue weighted by atomic mass is 35.5. The van der Waals surface area contributed by atoms with E-state index < -0.39 is 17.6 Å². The summed E-state index contributed by atoms with van der Waals surface area (Å²) >= 11 is 11.2. The minimum atomic E-state index is -4.41. The van der Waals surface area contributed by atoms with E-state index in [1.807, 2.05) is 0 Å². The number of halogens is 5. The second kappa shape index (κ2) is 7.31. The van der Waals surface area contributed by atoms with Crippen LogP contribution in [0.3, 0.4) is 0 Å². The fourth-order valence-corrected chi connectivity index (χ4v) is 3.13. The second-order valence-electron chi connectivity index (χ2n) is 4.85. The maximum Gasteiger partial charge on any atom is 0.615 e. The van der Waals surface area contributed by atoms with Crippen LogP contribution in [0.15, 0.2) is 12.1 Å². The zero-order valence-electron chi connectivity index (χ0n) is 11.1. The van der Waals surface area contributed by atoms with Crippen molar-refractivity contribution < 1.29 is 17.4 Å². The summed E-state index contributed by atoms with van der Waals surface area (Å²) in [5.41, 5.74) is -3.68. The van der Waals surface area contributed by atoms with Gasteiger partial charge in [-0.3, -0.25) is 9.08 Å². The standard InChI is InChI=1S/C13H14Cl2F3NOS/c14-11-6-9(20-21-13(16,17)18)7-12(15)10(11)8-19-4-2-1-3-5-19/h6-7H,1-5,8H2/p+1. The van der Waals surface area contributed by atoms with Gasteiger partial charge in [0.25, 0.3) is 12.0 Å². The number of alkyl halides is 3. The van der Waals surface area contributed by atoms with Gasteiger partial charge >= 0.3 is 5.51 Å². The molecule has 8 heteroatoms. The van der Waals surface area contributed by atoms with E-state index in [0.717, 1.165) is 31.5 Å². The Bertz CT molecular complexity index is 470. The average molecular weight is 361 g/mol. The second-order valence-corrected chi connectivity index (χ2v) is 6.54. The molecule has 118 valence electrons. The first kappa shape index (κ1) is 17.1. The summed E-state index contributed by atoms with van der Waals surface area (Å²) in [4.78, 5) is 2.24. The molecule has 0 atom stereocenters. The van der Waals surface area contributed by atoms with Gasteiger partial charge in [-0.1, -0.05) is 29.6 Å². The Balaban J connectivity index is 2.05. The molecule has 0 bridgehead atoms. The number of hydrogen-bond donors (Lipinski definition) is 0.